The first-order valence-electron chi connectivity index (χ1n) is 11.2. The van der Waals surface area contributed by atoms with Crippen LogP contribution in [0.5, 0.6) is 11.5 Å². The van der Waals surface area contributed by atoms with Crippen LogP contribution in [0.1, 0.15) is 47.4 Å². The maximum Gasteiger partial charge on any atom is 0.333 e. The molecule has 2 aliphatic rings. The van der Waals surface area contributed by atoms with Crippen LogP contribution < -0.4 is 14.8 Å². The van der Waals surface area contributed by atoms with Gasteiger partial charge in [-0.3, -0.25) is 0 Å². The molecule has 34 heavy (non-hydrogen) atoms. The summed E-state index contributed by atoms with van der Waals surface area (Å²) in [6.45, 7) is 1.60. The molecular formula is C25H27F2N3O4. The Labute approximate surface area is 196 Å². The maximum atomic E-state index is 13.3. The molecule has 2 N–H and O–H groups in total. The highest BCUT2D eigenvalue weighted by atomic mass is 19.3. The lowest BCUT2D eigenvalue weighted by Crippen LogP contribution is -2.15. The van der Waals surface area contributed by atoms with Crippen molar-refractivity contribution in [2.24, 2.45) is 0 Å². The van der Waals surface area contributed by atoms with Crippen molar-refractivity contribution in [1.82, 2.24) is 9.78 Å². The molecular weight excluding hydrogens is 444 g/mol. The first-order valence-corrected chi connectivity index (χ1v) is 11.2. The first-order chi connectivity index (χ1) is 16.4. The SMILES string of the molecule is COC(O)CC1COc2cc(NC3COc4c(-c5c(C)nn(C(F)F)c5C)cccc43)ccc21. The number of benzene rings is 2. The summed E-state index contributed by atoms with van der Waals surface area (Å²) < 4.78 is 44.3. The molecule has 7 nitrogen and oxygen atoms in total. The Morgan fingerprint density at radius 2 is 2.00 bits per heavy atom. The summed E-state index contributed by atoms with van der Waals surface area (Å²) in [6.07, 6.45) is -0.345. The van der Waals surface area contributed by atoms with E-state index in [4.69, 9.17) is 14.2 Å². The van der Waals surface area contributed by atoms with Crippen LogP contribution in [0.3, 0.4) is 0 Å². The molecule has 3 atom stereocenters. The fraction of sp³-hybridized carbons (Fsp3) is 0.400. The minimum absolute atomic E-state index is 0.0812. The van der Waals surface area contributed by atoms with Gasteiger partial charge in [0, 0.05) is 59.2 Å². The van der Waals surface area contributed by atoms with Crippen LogP contribution in [-0.2, 0) is 4.74 Å². The smallest absolute Gasteiger partial charge is 0.333 e. The molecule has 0 saturated carbocycles. The number of fused-ring (bicyclic) bond motifs is 2. The molecule has 0 fully saturated rings. The van der Waals surface area contributed by atoms with Crippen LogP contribution in [0.2, 0.25) is 0 Å². The summed E-state index contributed by atoms with van der Waals surface area (Å²) in [7, 11) is 1.48. The minimum Gasteiger partial charge on any atom is -0.493 e. The number of para-hydroxylation sites is 1. The predicted molar refractivity (Wildman–Crippen MR) is 123 cm³/mol. The highest BCUT2D eigenvalue weighted by Crippen LogP contribution is 2.45. The lowest BCUT2D eigenvalue weighted by atomic mass is 9.96. The Bertz CT molecular complexity index is 1210. The number of nitrogens with one attached hydrogen (secondary N) is 1. The van der Waals surface area contributed by atoms with Crippen molar-refractivity contribution in [3.63, 3.8) is 0 Å². The average Bonchev–Trinajstić information content (AvgIpc) is 3.49. The van der Waals surface area contributed by atoms with E-state index in [2.05, 4.69) is 10.4 Å². The molecule has 3 heterocycles. The van der Waals surface area contributed by atoms with Crippen molar-refractivity contribution < 1.29 is 28.1 Å². The molecule has 1 aromatic heterocycles. The highest BCUT2D eigenvalue weighted by Gasteiger charge is 2.31. The number of ether oxygens (including phenoxy) is 3. The Balaban J connectivity index is 1.39. The lowest BCUT2D eigenvalue weighted by Gasteiger charge is -2.15. The number of aromatic nitrogens is 2. The van der Waals surface area contributed by atoms with Crippen molar-refractivity contribution in [3.8, 4) is 22.6 Å². The molecule has 0 amide bonds. The van der Waals surface area contributed by atoms with E-state index in [1.807, 2.05) is 36.4 Å². The number of methoxy groups -OCH3 is 1. The molecule has 2 aliphatic heterocycles. The first kappa shape index (κ1) is 22.6. The van der Waals surface area contributed by atoms with Crippen molar-refractivity contribution >= 4 is 5.69 Å². The summed E-state index contributed by atoms with van der Waals surface area (Å²) in [4.78, 5) is 0. The number of nitrogens with zero attached hydrogens (tertiary/aromatic N) is 2. The van der Waals surface area contributed by atoms with Gasteiger partial charge in [0.25, 0.3) is 0 Å². The number of halogens is 2. The van der Waals surface area contributed by atoms with Gasteiger partial charge in [-0.1, -0.05) is 24.3 Å². The molecule has 9 heteroatoms. The summed E-state index contributed by atoms with van der Waals surface area (Å²) in [5, 5.41) is 17.3. The zero-order chi connectivity index (χ0) is 24.0. The largest absolute Gasteiger partial charge is 0.493 e. The molecule has 3 aromatic rings. The molecule has 3 unspecified atom stereocenters. The number of rotatable bonds is 7. The van der Waals surface area contributed by atoms with Crippen molar-refractivity contribution in [3.05, 3.63) is 58.9 Å². The summed E-state index contributed by atoms with van der Waals surface area (Å²) in [6, 6.07) is 11.6. The van der Waals surface area contributed by atoms with Crippen LogP contribution in [0.4, 0.5) is 14.5 Å². The zero-order valence-electron chi connectivity index (χ0n) is 19.2. The minimum atomic E-state index is -2.70. The fourth-order valence-electron chi connectivity index (χ4n) is 4.91. The van der Waals surface area contributed by atoms with Gasteiger partial charge in [-0.15, -0.1) is 0 Å². The van der Waals surface area contributed by atoms with Gasteiger partial charge in [0.2, 0.25) is 0 Å². The number of alkyl halides is 2. The number of hydrogen-bond donors (Lipinski definition) is 2. The summed E-state index contributed by atoms with van der Waals surface area (Å²) >= 11 is 0. The van der Waals surface area contributed by atoms with Gasteiger partial charge in [-0.05, 0) is 19.9 Å². The Kier molecular flexibility index (Phi) is 5.91. The number of aliphatic hydroxyl groups is 1. The van der Waals surface area contributed by atoms with Crippen LogP contribution >= 0.6 is 0 Å². The van der Waals surface area contributed by atoms with Gasteiger partial charge in [-0.25, -0.2) is 4.68 Å². The third kappa shape index (κ3) is 3.88. The Morgan fingerprint density at radius 1 is 1.18 bits per heavy atom. The molecule has 180 valence electrons. The predicted octanol–water partition coefficient (Wildman–Crippen LogP) is 4.94. The number of aryl methyl sites for hydroxylation is 1. The van der Waals surface area contributed by atoms with Crippen molar-refractivity contribution in [2.75, 3.05) is 25.6 Å². The van der Waals surface area contributed by atoms with Crippen molar-refractivity contribution in [2.45, 2.75) is 45.1 Å². The fourth-order valence-corrected chi connectivity index (χ4v) is 4.91. The lowest BCUT2D eigenvalue weighted by molar-refractivity contribution is -0.0826. The van der Waals surface area contributed by atoms with Gasteiger partial charge in [0.1, 0.15) is 18.1 Å². The summed E-state index contributed by atoms with van der Waals surface area (Å²) in [5.41, 5.74) is 5.28. The van der Waals surface area contributed by atoms with Gasteiger partial charge >= 0.3 is 6.55 Å². The molecule has 0 bridgehead atoms. The number of aliphatic hydroxyl groups excluding tert-OH is 1. The van der Waals surface area contributed by atoms with E-state index in [1.165, 1.54) is 7.11 Å². The second-order valence-corrected chi connectivity index (χ2v) is 8.69. The van der Waals surface area contributed by atoms with Crippen LogP contribution in [0.15, 0.2) is 36.4 Å². The molecule has 0 saturated heterocycles. The van der Waals surface area contributed by atoms with E-state index in [-0.39, 0.29) is 12.0 Å². The van der Waals surface area contributed by atoms with Crippen LogP contribution in [-0.4, -0.2) is 41.5 Å². The second-order valence-electron chi connectivity index (χ2n) is 8.69. The third-order valence-electron chi connectivity index (χ3n) is 6.59. The maximum absolute atomic E-state index is 13.3. The van der Waals surface area contributed by atoms with Crippen molar-refractivity contribution in [1.29, 1.82) is 0 Å². The molecule has 0 aliphatic carbocycles. The van der Waals surface area contributed by atoms with Gasteiger partial charge in [-0.2, -0.15) is 13.9 Å². The monoisotopic (exact) mass is 471 g/mol. The van der Waals surface area contributed by atoms with Gasteiger partial charge < -0.3 is 24.6 Å². The average molecular weight is 472 g/mol. The molecule has 2 aromatic carbocycles. The van der Waals surface area contributed by atoms with E-state index in [9.17, 15) is 13.9 Å². The van der Waals surface area contributed by atoms with Gasteiger partial charge in [0.15, 0.2) is 6.29 Å². The van der Waals surface area contributed by atoms with Crippen LogP contribution in [0, 0.1) is 13.8 Å². The topological polar surface area (TPSA) is 77.8 Å². The molecule has 0 radical (unpaired) electrons. The Hall–Kier alpha value is -3.17. The van der Waals surface area contributed by atoms with Crippen LogP contribution in [0.25, 0.3) is 11.1 Å². The number of anilines is 1. The van der Waals surface area contributed by atoms with Gasteiger partial charge in [0.05, 0.1) is 18.3 Å². The third-order valence-corrected chi connectivity index (χ3v) is 6.59. The number of hydrogen-bond acceptors (Lipinski definition) is 6. The summed E-state index contributed by atoms with van der Waals surface area (Å²) in [5.74, 6) is 1.56. The van der Waals surface area contributed by atoms with E-state index in [0.29, 0.717) is 42.3 Å². The standard InChI is InChI=1S/C25H27F2N3O4/c1-13-23(14(2)30(29-13)25(26)27)19-6-4-5-18-20(12-34-24(18)19)28-16-7-8-17-15(9-22(31)32-3)11-33-21(17)10-16/h4-8,10,15,20,22,25,28,31H,9,11-12H2,1-3H3. The normalized spacial score (nSPS) is 19.5. The molecule has 0 spiro atoms. The van der Waals surface area contributed by atoms with E-state index >= 15 is 0 Å². The van der Waals surface area contributed by atoms with E-state index < -0.39 is 12.8 Å². The molecule has 5 rings (SSSR count). The highest BCUT2D eigenvalue weighted by molar-refractivity contribution is 5.77. The second kappa shape index (κ2) is 8.88. The Morgan fingerprint density at radius 3 is 2.74 bits per heavy atom. The van der Waals surface area contributed by atoms with E-state index in [1.54, 1.807) is 13.8 Å². The van der Waals surface area contributed by atoms with E-state index in [0.717, 1.165) is 32.8 Å². The quantitative estimate of drug-likeness (QED) is 0.476. The zero-order valence-corrected chi connectivity index (χ0v) is 19.2.